The van der Waals surface area contributed by atoms with Gasteiger partial charge in [0.25, 0.3) is 5.91 Å². The highest BCUT2D eigenvalue weighted by molar-refractivity contribution is 8.00. The molecule has 0 unspecified atom stereocenters. The molecule has 128 valence electrons. The first-order valence-corrected chi connectivity index (χ1v) is 9.90. The Hall–Kier alpha value is -2.12. The number of fused-ring (bicyclic) bond motifs is 1. The normalized spacial score (nSPS) is 17.2. The molecule has 0 N–H and O–H groups in total. The lowest BCUT2D eigenvalue weighted by Gasteiger charge is -2.21. The summed E-state index contributed by atoms with van der Waals surface area (Å²) in [5, 5.41) is 7.32. The number of aryl methyl sites for hydroxylation is 1. The summed E-state index contributed by atoms with van der Waals surface area (Å²) in [7, 11) is 1.87. The molecule has 3 aromatic rings. The number of anilines is 1. The number of rotatable bonds is 2. The van der Waals surface area contributed by atoms with Gasteiger partial charge in [0, 0.05) is 40.9 Å². The quantitative estimate of drug-likeness (QED) is 0.682. The number of amides is 1. The van der Waals surface area contributed by atoms with E-state index >= 15 is 0 Å². The van der Waals surface area contributed by atoms with E-state index in [1.54, 1.807) is 10.9 Å². The van der Waals surface area contributed by atoms with Gasteiger partial charge in [-0.05, 0) is 18.6 Å². The van der Waals surface area contributed by atoms with Crippen molar-refractivity contribution in [2.24, 2.45) is 7.05 Å². The van der Waals surface area contributed by atoms with Crippen molar-refractivity contribution in [2.45, 2.75) is 23.5 Å². The van der Waals surface area contributed by atoms with Gasteiger partial charge < -0.3 is 4.90 Å². The first-order chi connectivity index (χ1) is 12.1. The van der Waals surface area contributed by atoms with Crippen molar-refractivity contribution in [2.75, 3.05) is 11.4 Å². The third-order valence-corrected chi connectivity index (χ3v) is 6.29. The zero-order valence-corrected chi connectivity index (χ0v) is 15.7. The van der Waals surface area contributed by atoms with Gasteiger partial charge in [0.1, 0.15) is 10.7 Å². The van der Waals surface area contributed by atoms with Crippen LogP contribution in [-0.4, -0.2) is 32.5 Å². The molecular weight excluding hydrogens is 352 g/mol. The van der Waals surface area contributed by atoms with E-state index in [2.05, 4.69) is 23.1 Å². The standard InChI is InChI=1S/C18H18N4OS2/c1-12-7-8-22(15-5-3-4-6-16(15)25-12)18(23)14-11-24-17(20-14)13-9-19-21(2)10-13/h3-6,9-12H,7-8H2,1-2H3/t12-/m0/s1. The molecule has 1 amide bonds. The Morgan fingerprint density at radius 2 is 2.16 bits per heavy atom. The second-order valence-corrected chi connectivity index (χ2v) is 8.42. The Morgan fingerprint density at radius 3 is 2.96 bits per heavy atom. The van der Waals surface area contributed by atoms with E-state index < -0.39 is 0 Å². The van der Waals surface area contributed by atoms with Crippen LogP contribution in [0.5, 0.6) is 0 Å². The molecule has 1 aliphatic heterocycles. The third-order valence-electron chi connectivity index (χ3n) is 4.16. The average Bonchev–Trinajstić information content (AvgIpc) is 3.21. The van der Waals surface area contributed by atoms with Crippen LogP contribution in [0.1, 0.15) is 23.8 Å². The van der Waals surface area contributed by atoms with Gasteiger partial charge in [-0.25, -0.2) is 4.98 Å². The molecule has 7 heteroatoms. The smallest absolute Gasteiger partial charge is 0.277 e. The Morgan fingerprint density at radius 1 is 1.32 bits per heavy atom. The lowest BCUT2D eigenvalue weighted by Crippen LogP contribution is -2.32. The number of carbonyl (C=O) groups excluding carboxylic acids is 1. The van der Waals surface area contributed by atoms with Crippen LogP contribution in [0.4, 0.5) is 5.69 Å². The number of aromatic nitrogens is 3. The number of thioether (sulfide) groups is 1. The van der Waals surface area contributed by atoms with Gasteiger partial charge in [-0.1, -0.05) is 19.1 Å². The highest BCUT2D eigenvalue weighted by atomic mass is 32.2. The fraction of sp³-hybridized carbons (Fsp3) is 0.278. The van der Waals surface area contributed by atoms with E-state index in [0.717, 1.165) is 27.6 Å². The number of carbonyl (C=O) groups is 1. The molecule has 1 atom stereocenters. The Kier molecular flexibility index (Phi) is 4.35. The van der Waals surface area contributed by atoms with Gasteiger partial charge >= 0.3 is 0 Å². The Bertz CT molecular complexity index is 917. The summed E-state index contributed by atoms with van der Waals surface area (Å²) in [5.74, 6) is -0.0338. The molecule has 5 nitrogen and oxygen atoms in total. The van der Waals surface area contributed by atoms with Crippen LogP contribution in [-0.2, 0) is 7.05 Å². The van der Waals surface area contributed by atoms with Crippen molar-refractivity contribution < 1.29 is 4.79 Å². The molecule has 0 bridgehead atoms. The zero-order valence-electron chi connectivity index (χ0n) is 14.0. The number of para-hydroxylation sites is 1. The van der Waals surface area contributed by atoms with Crippen LogP contribution >= 0.6 is 23.1 Å². The second-order valence-electron chi connectivity index (χ2n) is 6.08. The maximum Gasteiger partial charge on any atom is 0.277 e. The van der Waals surface area contributed by atoms with E-state index in [0.29, 0.717) is 17.5 Å². The number of hydrogen-bond acceptors (Lipinski definition) is 5. The van der Waals surface area contributed by atoms with Crippen LogP contribution in [0.2, 0.25) is 0 Å². The van der Waals surface area contributed by atoms with Crippen LogP contribution in [0.25, 0.3) is 10.6 Å². The maximum absolute atomic E-state index is 13.1. The van der Waals surface area contributed by atoms with Gasteiger partial charge in [0.15, 0.2) is 0 Å². The third kappa shape index (κ3) is 3.21. The van der Waals surface area contributed by atoms with Gasteiger partial charge in [-0.2, -0.15) is 5.10 Å². The zero-order chi connectivity index (χ0) is 17.4. The molecule has 1 aromatic carbocycles. The lowest BCUT2D eigenvalue weighted by atomic mass is 10.2. The van der Waals surface area contributed by atoms with Crippen molar-refractivity contribution in [3.05, 3.63) is 47.7 Å². The summed E-state index contributed by atoms with van der Waals surface area (Å²) in [6.07, 6.45) is 4.64. The van der Waals surface area contributed by atoms with Gasteiger partial charge in [-0.15, -0.1) is 23.1 Å². The molecule has 0 radical (unpaired) electrons. The molecular formula is C18H18N4OS2. The number of nitrogens with zero attached hydrogens (tertiary/aromatic N) is 4. The fourth-order valence-corrected chi connectivity index (χ4v) is 4.75. The van der Waals surface area contributed by atoms with E-state index in [4.69, 9.17) is 0 Å². The summed E-state index contributed by atoms with van der Waals surface area (Å²) in [6.45, 7) is 2.92. The van der Waals surface area contributed by atoms with E-state index in [9.17, 15) is 4.79 Å². The van der Waals surface area contributed by atoms with Crippen LogP contribution in [0.15, 0.2) is 46.9 Å². The van der Waals surface area contributed by atoms with Crippen molar-refractivity contribution in [1.29, 1.82) is 0 Å². The fourth-order valence-electron chi connectivity index (χ4n) is 2.87. The minimum Gasteiger partial charge on any atom is -0.306 e. The summed E-state index contributed by atoms with van der Waals surface area (Å²) in [4.78, 5) is 20.7. The van der Waals surface area contributed by atoms with Crippen LogP contribution < -0.4 is 4.90 Å². The highest BCUT2D eigenvalue weighted by Gasteiger charge is 2.26. The summed E-state index contributed by atoms with van der Waals surface area (Å²) in [6, 6.07) is 8.12. The van der Waals surface area contributed by atoms with Gasteiger partial charge in [0.2, 0.25) is 0 Å². The monoisotopic (exact) mass is 370 g/mol. The largest absolute Gasteiger partial charge is 0.306 e. The molecule has 0 aliphatic carbocycles. The second kappa shape index (κ2) is 6.65. The molecule has 25 heavy (non-hydrogen) atoms. The predicted octanol–water partition coefficient (Wildman–Crippen LogP) is 4.07. The molecule has 0 saturated carbocycles. The Balaban J connectivity index is 1.66. The molecule has 2 aromatic heterocycles. The van der Waals surface area contributed by atoms with Crippen LogP contribution in [0, 0.1) is 0 Å². The average molecular weight is 371 g/mol. The van der Waals surface area contributed by atoms with Crippen molar-refractivity contribution in [1.82, 2.24) is 14.8 Å². The van der Waals surface area contributed by atoms with Gasteiger partial charge in [-0.3, -0.25) is 9.48 Å². The molecule has 3 heterocycles. The lowest BCUT2D eigenvalue weighted by molar-refractivity contribution is 0.0982. The molecule has 0 fully saturated rings. The van der Waals surface area contributed by atoms with E-state index in [1.165, 1.54) is 11.3 Å². The first kappa shape index (κ1) is 16.4. The van der Waals surface area contributed by atoms with Gasteiger partial charge in [0.05, 0.1) is 11.9 Å². The molecule has 0 saturated heterocycles. The van der Waals surface area contributed by atoms with Crippen LogP contribution in [0.3, 0.4) is 0 Å². The minimum atomic E-state index is -0.0338. The van der Waals surface area contributed by atoms with E-state index in [1.807, 2.05) is 53.5 Å². The summed E-state index contributed by atoms with van der Waals surface area (Å²) < 4.78 is 1.74. The predicted molar refractivity (Wildman–Crippen MR) is 102 cm³/mol. The number of benzene rings is 1. The highest BCUT2D eigenvalue weighted by Crippen LogP contribution is 2.38. The number of hydrogen-bond donors (Lipinski definition) is 0. The first-order valence-electron chi connectivity index (χ1n) is 8.14. The Labute approximate surface area is 154 Å². The minimum absolute atomic E-state index is 0.0338. The molecule has 0 spiro atoms. The SMILES string of the molecule is C[C@H]1CCN(C(=O)c2csc(-c3cnn(C)c3)n2)c2ccccc2S1. The number of thiazole rings is 1. The maximum atomic E-state index is 13.1. The molecule has 4 rings (SSSR count). The van der Waals surface area contributed by atoms with Crippen molar-refractivity contribution in [3.63, 3.8) is 0 Å². The van der Waals surface area contributed by atoms with Crippen molar-refractivity contribution in [3.8, 4) is 10.6 Å². The summed E-state index contributed by atoms with van der Waals surface area (Å²) in [5.41, 5.74) is 2.42. The molecule has 1 aliphatic rings. The summed E-state index contributed by atoms with van der Waals surface area (Å²) >= 11 is 3.31. The topological polar surface area (TPSA) is 51.0 Å². The van der Waals surface area contributed by atoms with E-state index in [-0.39, 0.29) is 5.91 Å². The van der Waals surface area contributed by atoms with Crippen molar-refractivity contribution >= 4 is 34.7 Å².